The Balaban J connectivity index is 0.00000264. The first-order valence-corrected chi connectivity index (χ1v) is 7.60. The zero-order chi connectivity index (χ0) is 15.9. The second-order valence-corrected chi connectivity index (χ2v) is 5.57. The van der Waals surface area contributed by atoms with Crippen molar-refractivity contribution in [1.29, 1.82) is 0 Å². The van der Waals surface area contributed by atoms with Gasteiger partial charge in [-0.25, -0.2) is 4.39 Å². The van der Waals surface area contributed by atoms with Crippen molar-refractivity contribution in [3.63, 3.8) is 0 Å². The lowest BCUT2D eigenvalue weighted by molar-refractivity contribution is -0.121. The maximum Gasteiger partial charge on any atom is 0.251 e. The van der Waals surface area contributed by atoms with Gasteiger partial charge in [0.05, 0.1) is 0 Å². The molecule has 0 spiro atoms. The summed E-state index contributed by atoms with van der Waals surface area (Å²) in [5.74, 6) is -0.759. The second-order valence-electron chi connectivity index (χ2n) is 5.57. The highest BCUT2D eigenvalue weighted by Crippen LogP contribution is 2.09. The van der Waals surface area contributed by atoms with Gasteiger partial charge in [-0.05, 0) is 44.0 Å². The van der Waals surface area contributed by atoms with Gasteiger partial charge in [0.25, 0.3) is 5.91 Å². The van der Waals surface area contributed by atoms with Crippen molar-refractivity contribution in [2.45, 2.75) is 32.2 Å². The second kappa shape index (κ2) is 9.47. The van der Waals surface area contributed by atoms with Crippen LogP contribution in [0.1, 0.15) is 35.2 Å². The Morgan fingerprint density at radius 1 is 1.30 bits per heavy atom. The van der Waals surface area contributed by atoms with Crippen molar-refractivity contribution in [3.05, 3.63) is 35.1 Å². The third-order valence-corrected chi connectivity index (χ3v) is 3.76. The Kier molecular flexibility index (Phi) is 7.98. The molecule has 2 rings (SSSR count). The fourth-order valence-corrected chi connectivity index (χ4v) is 2.44. The van der Waals surface area contributed by atoms with E-state index >= 15 is 0 Å². The van der Waals surface area contributed by atoms with Crippen LogP contribution in [0, 0.1) is 12.7 Å². The van der Waals surface area contributed by atoms with Crippen LogP contribution in [0.15, 0.2) is 18.2 Å². The molecule has 1 saturated heterocycles. The molecule has 1 heterocycles. The van der Waals surface area contributed by atoms with Crippen LogP contribution in [-0.4, -0.2) is 37.5 Å². The number of amides is 2. The minimum atomic E-state index is -0.398. The lowest BCUT2D eigenvalue weighted by Crippen LogP contribution is -2.37. The van der Waals surface area contributed by atoms with Gasteiger partial charge < -0.3 is 16.0 Å². The third kappa shape index (κ3) is 6.15. The van der Waals surface area contributed by atoms with Crippen molar-refractivity contribution in [1.82, 2.24) is 16.0 Å². The number of rotatable bonds is 6. The van der Waals surface area contributed by atoms with E-state index in [-0.39, 0.29) is 35.8 Å². The molecule has 1 aliphatic heterocycles. The summed E-state index contributed by atoms with van der Waals surface area (Å²) in [4.78, 5) is 23.5. The molecule has 1 atom stereocenters. The Morgan fingerprint density at radius 2 is 2.04 bits per heavy atom. The van der Waals surface area contributed by atoms with E-state index in [1.54, 1.807) is 19.1 Å². The number of carbonyl (C=O) groups is 2. The molecular formula is C16H23ClFN3O2. The summed E-state index contributed by atoms with van der Waals surface area (Å²) in [7, 11) is 0. The summed E-state index contributed by atoms with van der Waals surface area (Å²) in [5.41, 5.74) is 0.786. The van der Waals surface area contributed by atoms with E-state index in [1.165, 1.54) is 6.07 Å². The van der Waals surface area contributed by atoms with Gasteiger partial charge in [-0.15, -0.1) is 12.4 Å². The number of carbonyl (C=O) groups excluding carboxylic acids is 2. The van der Waals surface area contributed by atoms with E-state index in [4.69, 9.17) is 0 Å². The van der Waals surface area contributed by atoms with Gasteiger partial charge in [0.2, 0.25) is 5.91 Å². The lowest BCUT2D eigenvalue weighted by atomic mass is 10.1. The molecule has 0 aromatic heterocycles. The molecule has 23 heavy (non-hydrogen) atoms. The van der Waals surface area contributed by atoms with Crippen molar-refractivity contribution >= 4 is 24.2 Å². The lowest BCUT2D eigenvalue weighted by Gasteiger charge is -2.11. The minimum absolute atomic E-state index is 0. The number of benzene rings is 1. The maximum atomic E-state index is 13.4. The molecule has 1 unspecified atom stereocenters. The molecule has 7 heteroatoms. The van der Waals surface area contributed by atoms with Crippen LogP contribution in [0.25, 0.3) is 0 Å². The molecule has 1 aromatic carbocycles. The van der Waals surface area contributed by atoms with Crippen LogP contribution in [0.4, 0.5) is 4.39 Å². The third-order valence-electron chi connectivity index (χ3n) is 3.76. The number of hydrogen-bond acceptors (Lipinski definition) is 3. The topological polar surface area (TPSA) is 70.2 Å². The summed E-state index contributed by atoms with van der Waals surface area (Å²) < 4.78 is 13.4. The van der Waals surface area contributed by atoms with Gasteiger partial charge in [-0.3, -0.25) is 9.59 Å². The fourth-order valence-electron chi connectivity index (χ4n) is 2.44. The van der Waals surface area contributed by atoms with Crippen LogP contribution in [0.5, 0.6) is 0 Å². The molecule has 3 N–H and O–H groups in total. The molecule has 1 aromatic rings. The fraction of sp³-hybridized carbons (Fsp3) is 0.500. The number of nitrogens with one attached hydrogen (secondary N) is 3. The highest BCUT2D eigenvalue weighted by Gasteiger charge is 2.17. The van der Waals surface area contributed by atoms with Gasteiger partial charge in [0.15, 0.2) is 0 Å². The molecule has 1 aliphatic rings. The van der Waals surface area contributed by atoms with E-state index in [0.29, 0.717) is 25.1 Å². The van der Waals surface area contributed by atoms with Crippen LogP contribution in [0.2, 0.25) is 0 Å². The molecule has 0 saturated carbocycles. The van der Waals surface area contributed by atoms with E-state index in [9.17, 15) is 14.0 Å². The van der Waals surface area contributed by atoms with E-state index in [1.807, 2.05) is 0 Å². The van der Waals surface area contributed by atoms with Crippen molar-refractivity contribution < 1.29 is 14.0 Å². The Labute approximate surface area is 141 Å². The van der Waals surface area contributed by atoms with Crippen LogP contribution in [0.3, 0.4) is 0 Å². The smallest absolute Gasteiger partial charge is 0.251 e. The SMILES string of the molecule is Cc1ccc(C(=O)NCCNC(=O)CC2CCCN2)cc1F.Cl. The van der Waals surface area contributed by atoms with Crippen LogP contribution >= 0.6 is 12.4 Å². The van der Waals surface area contributed by atoms with Crippen molar-refractivity contribution in [3.8, 4) is 0 Å². The molecule has 0 bridgehead atoms. The normalized spacial score (nSPS) is 16.5. The summed E-state index contributed by atoms with van der Waals surface area (Å²) in [6, 6.07) is 4.64. The van der Waals surface area contributed by atoms with E-state index < -0.39 is 5.82 Å². The molecular weight excluding hydrogens is 321 g/mol. The summed E-state index contributed by atoms with van der Waals surface area (Å²) in [5, 5.41) is 8.69. The average molecular weight is 344 g/mol. The zero-order valence-corrected chi connectivity index (χ0v) is 14.0. The van der Waals surface area contributed by atoms with Gasteiger partial charge in [-0.1, -0.05) is 6.07 Å². The first-order chi connectivity index (χ1) is 10.6. The monoisotopic (exact) mass is 343 g/mol. The predicted octanol–water partition coefficient (Wildman–Crippen LogP) is 1.54. The first-order valence-electron chi connectivity index (χ1n) is 7.60. The summed E-state index contributed by atoms with van der Waals surface area (Å²) in [6.45, 7) is 3.30. The Hall–Kier alpha value is -1.66. The molecule has 0 radical (unpaired) electrons. The minimum Gasteiger partial charge on any atom is -0.354 e. The first kappa shape index (κ1) is 19.4. The zero-order valence-electron chi connectivity index (χ0n) is 13.2. The highest BCUT2D eigenvalue weighted by atomic mass is 35.5. The number of halogens is 2. The number of hydrogen-bond donors (Lipinski definition) is 3. The van der Waals surface area contributed by atoms with E-state index in [0.717, 1.165) is 19.4 Å². The van der Waals surface area contributed by atoms with Crippen LogP contribution < -0.4 is 16.0 Å². The van der Waals surface area contributed by atoms with Gasteiger partial charge in [0, 0.05) is 31.1 Å². The average Bonchev–Trinajstić information content (AvgIpc) is 2.99. The largest absolute Gasteiger partial charge is 0.354 e. The standard InChI is InChI=1S/C16H22FN3O2.ClH/c1-11-4-5-12(9-14(11)17)16(22)20-8-7-19-15(21)10-13-3-2-6-18-13;/h4-5,9,13,18H,2-3,6-8,10H2,1H3,(H,19,21)(H,20,22);1H. The van der Waals surface area contributed by atoms with Crippen LogP contribution in [-0.2, 0) is 4.79 Å². The molecule has 1 fully saturated rings. The molecule has 5 nitrogen and oxygen atoms in total. The van der Waals surface area contributed by atoms with Crippen molar-refractivity contribution in [2.75, 3.05) is 19.6 Å². The van der Waals surface area contributed by atoms with E-state index in [2.05, 4.69) is 16.0 Å². The molecule has 2 amide bonds. The number of aryl methyl sites for hydroxylation is 1. The highest BCUT2D eigenvalue weighted by molar-refractivity contribution is 5.94. The molecule has 0 aliphatic carbocycles. The van der Waals surface area contributed by atoms with Gasteiger partial charge in [0.1, 0.15) is 5.82 Å². The summed E-state index contributed by atoms with van der Waals surface area (Å²) >= 11 is 0. The van der Waals surface area contributed by atoms with Gasteiger partial charge >= 0.3 is 0 Å². The Morgan fingerprint density at radius 3 is 2.70 bits per heavy atom. The summed E-state index contributed by atoms with van der Waals surface area (Å²) in [6.07, 6.45) is 2.61. The van der Waals surface area contributed by atoms with Gasteiger partial charge in [-0.2, -0.15) is 0 Å². The Bertz CT molecular complexity index is 548. The quantitative estimate of drug-likeness (QED) is 0.686. The molecule has 128 valence electrons. The maximum absolute atomic E-state index is 13.4. The predicted molar refractivity (Wildman–Crippen MR) is 89.4 cm³/mol. The van der Waals surface area contributed by atoms with Crippen molar-refractivity contribution in [2.24, 2.45) is 0 Å².